The summed E-state index contributed by atoms with van der Waals surface area (Å²) in [4.78, 5) is 4.41. The fraction of sp³-hybridized carbons (Fsp3) is 0.438. The van der Waals surface area contributed by atoms with Gasteiger partial charge in [0.25, 0.3) is 0 Å². The van der Waals surface area contributed by atoms with E-state index in [1.807, 2.05) is 24.3 Å². The van der Waals surface area contributed by atoms with Crippen molar-refractivity contribution in [3.8, 4) is 5.75 Å². The number of nitrogens with one attached hydrogen (secondary N) is 1. The predicted molar refractivity (Wildman–Crippen MR) is 85.9 cm³/mol. The molecule has 2 aromatic rings. The fourth-order valence-electron chi connectivity index (χ4n) is 2.30. The van der Waals surface area contributed by atoms with E-state index in [-0.39, 0.29) is 5.38 Å². The lowest BCUT2D eigenvalue weighted by molar-refractivity contribution is 0.420. The first-order valence-corrected chi connectivity index (χ1v) is 7.35. The number of benzene rings is 1. The maximum absolute atomic E-state index is 6.32. The van der Waals surface area contributed by atoms with Crippen LogP contribution in [0.1, 0.15) is 20.3 Å². The average Bonchev–Trinajstić information content (AvgIpc) is 2.43. The van der Waals surface area contributed by atoms with Crippen LogP contribution in [-0.2, 0) is 0 Å². The first-order chi connectivity index (χ1) is 9.61. The number of pyridine rings is 1. The molecule has 0 bridgehead atoms. The Labute approximate surface area is 125 Å². The lowest BCUT2D eigenvalue weighted by Crippen LogP contribution is -2.17. The Morgan fingerprint density at radius 1 is 1.25 bits per heavy atom. The van der Waals surface area contributed by atoms with Crippen LogP contribution in [-0.4, -0.2) is 24.0 Å². The number of hydrogen-bond acceptors (Lipinski definition) is 3. The van der Waals surface area contributed by atoms with E-state index >= 15 is 0 Å². The number of methoxy groups -OCH3 is 1. The van der Waals surface area contributed by atoms with Crippen LogP contribution < -0.4 is 10.1 Å². The van der Waals surface area contributed by atoms with Gasteiger partial charge in [0.2, 0.25) is 0 Å². The molecule has 1 N–H and O–H groups in total. The number of fused-ring (bicyclic) bond motifs is 1. The van der Waals surface area contributed by atoms with E-state index in [0.29, 0.717) is 12.5 Å². The smallest absolute Gasteiger partial charge is 0.134 e. The second-order valence-corrected chi connectivity index (χ2v) is 5.94. The van der Waals surface area contributed by atoms with Gasteiger partial charge in [0.1, 0.15) is 11.6 Å². The second kappa shape index (κ2) is 6.80. The molecule has 1 heterocycles. The van der Waals surface area contributed by atoms with Crippen molar-refractivity contribution in [1.82, 2.24) is 4.98 Å². The molecular weight excluding hydrogens is 272 g/mol. The van der Waals surface area contributed by atoms with Gasteiger partial charge < -0.3 is 10.1 Å². The van der Waals surface area contributed by atoms with Crippen LogP contribution in [0.5, 0.6) is 5.75 Å². The van der Waals surface area contributed by atoms with E-state index in [1.54, 1.807) is 13.3 Å². The molecule has 0 radical (unpaired) electrons. The van der Waals surface area contributed by atoms with Gasteiger partial charge >= 0.3 is 0 Å². The highest BCUT2D eigenvalue weighted by Gasteiger charge is 2.10. The number of nitrogens with zero attached hydrogens (tertiary/aromatic N) is 1. The lowest BCUT2D eigenvalue weighted by Gasteiger charge is -2.15. The summed E-state index contributed by atoms with van der Waals surface area (Å²) in [5.41, 5.74) is 0. The highest BCUT2D eigenvalue weighted by molar-refractivity contribution is 6.21. The Morgan fingerprint density at radius 2 is 2.05 bits per heavy atom. The minimum absolute atomic E-state index is 0.109. The number of hydrogen-bond donors (Lipinski definition) is 1. The zero-order chi connectivity index (χ0) is 14.5. The lowest BCUT2D eigenvalue weighted by atomic mass is 10.1. The van der Waals surface area contributed by atoms with Crippen LogP contribution in [0.3, 0.4) is 0 Å². The summed E-state index contributed by atoms with van der Waals surface area (Å²) in [6.45, 7) is 5.07. The van der Waals surface area contributed by atoms with Crippen molar-refractivity contribution in [3.05, 3.63) is 30.5 Å². The molecule has 108 valence electrons. The van der Waals surface area contributed by atoms with Crippen molar-refractivity contribution in [3.63, 3.8) is 0 Å². The van der Waals surface area contributed by atoms with E-state index in [9.17, 15) is 0 Å². The summed E-state index contributed by atoms with van der Waals surface area (Å²) >= 11 is 6.32. The van der Waals surface area contributed by atoms with Gasteiger partial charge in [-0.25, -0.2) is 4.98 Å². The zero-order valence-electron chi connectivity index (χ0n) is 12.2. The maximum Gasteiger partial charge on any atom is 0.134 e. The second-order valence-electron chi connectivity index (χ2n) is 5.32. The number of halogens is 1. The number of anilines is 1. The molecule has 0 spiro atoms. The molecule has 0 saturated heterocycles. The monoisotopic (exact) mass is 292 g/mol. The standard InChI is InChI=1S/C16H21ClN2O/c1-11(2)9-12(17)10-19-16-14-5-4-6-15(20-3)13(14)7-8-18-16/h4-8,11-12H,9-10H2,1-3H3,(H,18,19). The van der Waals surface area contributed by atoms with Crippen molar-refractivity contribution in [2.75, 3.05) is 19.0 Å². The highest BCUT2D eigenvalue weighted by Crippen LogP contribution is 2.29. The van der Waals surface area contributed by atoms with E-state index in [2.05, 4.69) is 24.1 Å². The van der Waals surface area contributed by atoms with Gasteiger partial charge in [-0.2, -0.15) is 0 Å². The third kappa shape index (κ3) is 3.54. The zero-order valence-corrected chi connectivity index (χ0v) is 12.9. The molecule has 0 aliphatic heterocycles. The first-order valence-electron chi connectivity index (χ1n) is 6.91. The van der Waals surface area contributed by atoms with Crippen molar-refractivity contribution in [2.24, 2.45) is 5.92 Å². The van der Waals surface area contributed by atoms with E-state index in [4.69, 9.17) is 16.3 Å². The molecule has 3 nitrogen and oxygen atoms in total. The van der Waals surface area contributed by atoms with Gasteiger partial charge in [0, 0.05) is 23.5 Å². The van der Waals surface area contributed by atoms with Crippen LogP contribution >= 0.6 is 11.6 Å². The molecule has 0 fully saturated rings. The largest absolute Gasteiger partial charge is 0.496 e. The Hall–Kier alpha value is -1.48. The molecule has 0 saturated carbocycles. The molecule has 1 unspecified atom stereocenters. The molecule has 1 atom stereocenters. The minimum atomic E-state index is 0.109. The van der Waals surface area contributed by atoms with Crippen molar-refractivity contribution in [2.45, 2.75) is 25.6 Å². The molecule has 1 aromatic heterocycles. The summed E-state index contributed by atoms with van der Waals surface area (Å²) in [5, 5.41) is 5.57. The molecule has 20 heavy (non-hydrogen) atoms. The molecule has 2 rings (SSSR count). The van der Waals surface area contributed by atoms with Crippen LogP contribution in [0.25, 0.3) is 10.8 Å². The summed E-state index contributed by atoms with van der Waals surface area (Å²) in [5.74, 6) is 2.31. The van der Waals surface area contributed by atoms with Crippen LogP contribution in [0.2, 0.25) is 0 Å². The minimum Gasteiger partial charge on any atom is -0.496 e. The van der Waals surface area contributed by atoms with Crippen LogP contribution in [0.15, 0.2) is 30.5 Å². The third-order valence-electron chi connectivity index (χ3n) is 3.20. The third-order valence-corrected chi connectivity index (χ3v) is 3.54. The van der Waals surface area contributed by atoms with Crippen LogP contribution in [0.4, 0.5) is 5.82 Å². The summed E-state index contributed by atoms with van der Waals surface area (Å²) < 4.78 is 5.38. The van der Waals surface area contributed by atoms with E-state index < -0.39 is 0 Å². The Balaban J connectivity index is 2.18. The number of aromatic nitrogens is 1. The molecule has 1 aromatic carbocycles. The molecule has 0 aliphatic rings. The summed E-state index contributed by atoms with van der Waals surface area (Å²) in [6, 6.07) is 7.93. The average molecular weight is 293 g/mol. The van der Waals surface area contributed by atoms with E-state index in [0.717, 1.165) is 28.8 Å². The molecule has 0 aliphatic carbocycles. The highest BCUT2D eigenvalue weighted by atomic mass is 35.5. The van der Waals surface area contributed by atoms with E-state index in [1.165, 1.54) is 0 Å². The maximum atomic E-state index is 6.32. The first kappa shape index (κ1) is 14.9. The van der Waals surface area contributed by atoms with Gasteiger partial charge in [0.05, 0.1) is 12.5 Å². The number of alkyl halides is 1. The van der Waals surface area contributed by atoms with Gasteiger partial charge in [-0.1, -0.05) is 26.0 Å². The van der Waals surface area contributed by atoms with Crippen LogP contribution in [0, 0.1) is 5.92 Å². The summed E-state index contributed by atoms with van der Waals surface area (Å²) in [7, 11) is 1.68. The summed E-state index contributed by atoms with van der Waals surface area (Å²) in [6.07, 6.45) is 2.78. The molecule has 4 heteroatoms. The van der Waals surface area contributed by atoms with Gasteiger partial charge in [-0.05, 0) is 24.5 Å². The van der Waals surface area contributed by atoms with Crippen molar-refractivity contribution < 1.29 is 4.74 Å². The SMILES string of the molecule is COc1cccc2c(NCC(Cl)CC(C)C)nccc12. The molecular formula is C16H21ClN2O. The van der Waals surface area contributed by atoms with Gasteiger partial charge in [0.15, 0.2) is 0 Å². The Morgan fingerprint density at radius 3 is 2.75 bits per heavy atom. The van der Waals surface area contributed by atoms with Gasteiger partial charge in [-0.3, -0.25) is 0 Å². The Bertz CT molecular complexity index is 571. The van der Waals surface area contributed by atoms with Gasteiger partial charge in [-0.15, -0.1) is 11.6 Å². The quantitative estimate of drug-likeness (QED) is 0.806. The van der Waals surface area contributed by atoms with Crippen molar-refractivity contribution in [1.29, 1.82) is 0 Å². The van der Waals surface area contributed by atoms with Crippen molar-refractivity contribution >= 4 is 28.2 Å². The topological polar surface area (TPSA) is 34.1 Å². The molecule has 0 amide bonds. The number of ether oxygens (including phenoxy) is 1. The Kier molecular flexibility index (Phi) is 5.07. The predicted octanol–water partition coefficient (Wildman–Crippen LogP) is 4.31. The number of rotatable bonds is 6. The normalized spacial score (nSPS) is 12.7. The fourth-order valence-corrected chi connectivity index (χ4v) is 2.73.